The Morgan fingerprint density at radius 3 is 0.754 bits per heavy atom. The van der Waals surface area contributed by atoms with E-state index in [0.717, 1.165) is 69.6 Å². The molecule has 6 nitrogen and oxygen atoms in total. The van der Waals surface area contributed by atoms with Crippen LogP contribution in [0, 0.1) is 11.8 Å². The summed E-state index contributed by atoms with van der Waals surface area (Å²) in [4.78, 5) is 38.1. The van der Waals surface area contributed by atoms with Crippen molar-refractivity contribution >= 4 is 17.9 Å². The highest BCUT2D eigenvalue weighted by atomic mass is 16.6. The third-order valence-corrected chi connectivity index (χ3v) is 13.5. The molecule has 0 aliphatic carbocycles. The fraction of sp³-hybridized carbons (Fsp3) is 0.949. The molecule has 0 saturated heterocycles. The second-order valence-electron chi connectivity index (χ2n) is 21.2. The van der Waals surface area contributed by atoms with Crippen LogP contribution in [0.4, 0.5) is 0 Å². The van der Waals surface area contributed by atoms with Crippen LogP contribution in [0.3, 0.4) is 0 Å². The van der Waals surface area contributed by atoms with Crippen molar-refractivity contribution in [3.8, 4) is 0 Å². The third kappa shape index (κ3) is 53.2. The monoisotopic (exact) mass is 919 g/mol. The van der Waals surface area contributed by atoms with Gasteiger partial charge in [0.15, 0.2) is 6.10 Å². The highest BCUT2D eigenvalue weighted by Crippen LogP contribution is 2.18. The Labute approximate surface area is 406 Å². The smallest absolute Gasteiger partial charge is 0.306 e. The van der Waals surface area contributed by atoms with Gasteiger partial charge in [0.1, 0.15) is 13.2 Å². The molecule has 0 fully saturated rings. The first-order valence-corrected chi connectivity index (χ1v) is 29.2. The SMILES string of the molecule is CCCCCCCCCCCCC(=O)OC[C@@H](COC(=O)CCCCCCCCCCCCCCCCCCCCC(C)C)OC(=O)CCCCCCCCCCCCCCCC(C)C. The highest BCUT2D eigenvalue weighted by Gasteiger charge is 2.19. The van der Waals surface area contributed by atoms with Crippen LogP contribution in [-0.4, -0.2) is 37.2 Å². The van der Waals surface area contributed by atoms with Crippen LogP contribution in [0.15, 0.2) is 0 Å². The summed E-state index contributed by atoms with van der Waals surface area (Å²) < 4.78 is 16.9. The molecule has 65 heavy (non-hydrogen) atoms. The molecule has 0 spiro atoms. The molecule has 0 radical (unpaired) electrons. The van der Waals surface area contributed by atoms with E-state index >= 15 is 0 Å². The van der Waals surface area contributed by atoms with E-state index in [-0.39, 0.29) is 31.1 Å². The molecule has 0 amide bonds. The lowest BCUT2D eigenvalue weighted by atomic mass is 10.0. The minimum atomic E-state index is -0.762. The molecule has 0 aromatic heterocycles. The first kappa shape index (κ1) is 63.4. The number of hydrogen-bond donors (Lipinski definition) is 0. The van der Waals surface area contributed by atoms with Crippen molar-refractivity contribution in [1.29, 1.82) is 0 Å². The van der Waals surface area contributed by atoms with Gasteiger partial charge < -0.3 is 14.2 Å². The predicted molar refractivity (Wildman–Crippen MR) is 280 cm³/mol. The molecule has 1 atom stereocenters. The summed E-state index contributed by atoms with van der Waals surface area (Å²) >= 11 is 0. The lowest BCUT2D eigenvalue weighted by molar-refractivity contribution is -0.167. The van der Waals surface area contributed by atoms with Gasteiger partial charge >= 0.3 is 17.9 Å². The number of carbonyl (C=O) groups is 3. The van der Waals surface area contributed by atoms with E-state index < -0.39 is 6.10 Å². The first-order valence-electron chi connectivity index (χ1n) is 29.2. The van der Waals surface area contributed by atoms with Crippen LogP contribution in [0.25, 0.3) is 0 Å². The standard InChI is InChI=1S/C59H114O6/c1-6-7-8-9-10-11-29-34-39-44-49-57(60)63-52-56(65-59(62)51-46-41-36-31-26-22-18-20-24-28-33-38-43-48-55(4)5)53-64-58(61)50-45-40-35-30-25-21-17-15-13-12-14-16-19-23-27-32-37-42-47-54(2)3/h54-56H,6-53H2,1-5H3/t56-/m0/s1. The van der Waals surface area contributed by atoms with Crippen molar-refractivity contribution in [3.63, 3.8) is 0 Å². The minimum Gasteiger partial charge on any atom is -0.462 e. The lowest BCUT2D eigenvalue weighted by Gasteiger charge is -2.18. The molecular weight excluding hydrogens is 805 g/mol. The summed E-state index contributed by atoms with van der Waals surface area (Å²) in [6.45, 7) is 11.4. The molecule has 6 heteroatoms. The average Bonchev–Trinajstić information content (AvgIpc) is 3.28. The molecule has 0 unspecified atom stereocenters. The maximum Gasteiger partial charge on any atom is 0.306 e. The predicted octanol–water partition coefficient (Wildman–Crippen LogP) is 19.3. The number of hydrogen-bond acceptors (Lipinski definition) is 6. The first-order chi connectivity index (χ1) is 31.7. The van der Waals surface area contributed by atoms with Gasteiger partial charge in [-0.05, 0) is 31.1 Å². The van der Waals surface area contributed by atoms with Crippen LogP contribution in [0.1, 0.15) is 330 Å². The Balaban J connectivity index is 4.21. The highest BCUT2D eigenvalue weighted by molar-refractivity contribution is 5.71. The number of esters is 3. The van der Waals surface area contributed by atoms with E-state index in [1.165, 1.54) is 218 Å². The van der Waals surface area contributed by atoms with Crippen LogP contribution in [0.5, 0.6) is 0 Å². The molecule has 386 valence electrons. The molecule has 0 aliphatic rings. The lowest BCUT2D eigenvalue weighted by Crippen LogP contribution is -2.30. The van der Waals surface area contributed by atoms with Gasteiger partial charge in [0.2, 0.25) is 0 Å². The van der Waals surface area contributed by atoms with Crippen molar-refractivity contribution in [2.24, 2.45) is 11.8 Å². The van der Waals surface area contributed by atoms with Crippen molar-refractivity contribution < 1.29 is 28.6 Å². The quantitative estimate of drug-likeness (QED) is 0.0344. The molecule has 0 N–H and O–H groups in total. The Morgan fingerprint density at radius 1 is 0.292 bits per heavy atom. The van der Waals surface area contributed by atoms with Gasteiger partial charge in [-0.2, -0.15) is 0 Å². The topological polar surface area (TPSA) is 78.9 Å². The normalized spacial score (nSPS) is 12.0. The van der Waals surface area contributed by atoms with Gasteiger partial charge in [-0.3, -0.25) is 14.4 Å². The molecule has 0 aromatic rings. The minimum absolute atomic E-state index is 0.0626. The van der Waals surface area contributed by atoms with Crippen molar-refractivity contribution in [2.45, 2.75) is 336 Å². The number of carbonyl (C=O) groups excluding carboxylic acids is 3. The summed E-state index contributed by atoms with van der Waals surface area (Å²) in [5, 5.41) is 0. The van der Waals surface area contributed by atoms with E-state index in [2.05, 4.69) is 34.6 Å². The second-order valence-corrected chi connectivity index (χ2v) is 21.2. The molecule has 0 rings (SSSR count). The van der Waals surface area contributed by atoms with Gasteiger partial charge in [0, 0.05) is 19.3 Å². The zero-order chi connectivity index (χ0) is 47.5. The van der Waals surface area contributed by atoms with Gasteiger partial charge in [-0.15, -0.1) is 0 Å². The van der Waals surface area contributed by atoms with Crippen LogP contribution in [0.2, 0.25) is 0 Å². The third-order valence-electron chi connectivity index (χ3n) is 13.5. The van der Waals surface area contributed by atoms with Crippen molar-refractivity contribution in [2.75, 3.05) is 13.2 Å². The average molecular weight is 920 g/mol. The fourth-order valence-corrected chi connectivity index (χ4v) is 9.05. The summed E-state index contributed by atoms with van der Waals surface area (Å²) in [7, 11) is 0. The summed E-state index contributed by atoms with van der Waals surface area (Å²) in [6, 6.07) is 0. The summed E-state index contributed by atoms with van der Waals surface area (Å²) in [6.07, 6.45) is 55.3. The number of ether oxygens (including phenoxy) is 3. The zero-order valence-electron chi connectivity index (χ0n) is 44.6. The molecule has 0 aromatic carbocycles. The van der Waals surface area contributed by atoms with Gasteiger partial charge in [0.05, 0.1) is 0 Å². The van der Waals surface area contributed by atoms with E-state index in [0.29, 0.717) is 19.3 Å². The van der Waals surface area contributed by atoms with E-state index in [4.69, 9.17) is 14.2 Å². The molecular formula is C59H114O6. The molecule has 0 aliphatic heterocycles. The summed E-state index contributed by atoms with van der Waals surface area (Å²) in [5.41, 5.74) is 0. The maximum atomic E-state index is 12.8. The van der Waals surface area contributed by atoms with Gasteiger partial charge in [0.25, 0.3) is 0 Å². The van der Waals surface area contributed by atoms with Crippen LogP contribution in [-0.2, 0) is 28.6 Å². The fourth-order valence-electron chi connectivity index (χ4n) is 9.05. The Morgan fingerprint density at radius 2 is 0.508 bits per heavy atom. The molecule has 0 bridgehead atoms. The van der Waals surface area contributed by atoms with E-state index in [1.54, 1.807) is 0 Å². The Kier molecular flexibility index (Phi) is 50.5. The molecule has 0 heterocycles. The van der Waals surface area contributed by atoms with Gasteiger partial charge in [-0.25, -0.2) is 0 Å². The van der Waals surface area contributed by atoms with Crippen LogP contribution < -0.4 is 0 Å². The van der Waals surface area contributed by atoms with E-state index in [9.17, 15) is 14.4 Å². The van der Waals surface area contributed by atoms with E-state index in [1.807, 2.05) is 0 Å². The number of rotatable bonds is 53. The van der Waals surface area contributed by atoms with Gasteiger partial charge in [-0.1, -0.05) is 291 Å². The largest absolute Gasteiger partial charge is 0.462 e. The van der Waals surface area contributed by atoms with Crippen LogP contribution >= 0.6 is 0 Å². The van der Waals surface area contributed by atoms with Crippen molar-refractivity contribution in [1.82, 2.24) is 0 Å². The second kappa shape index (κ2) is 51.8. The van der Waals surface area contributed by atoms with Crippen molar-refractivity contribution in [3.05, 3.63) is 0 Å². The number of unbranched alkanes of at least 4 members (excludes halogenated alkanes) is 38. The molecule has 0 saturated carbocycles. The Hall–Kier alpha value is -1.59. The Bertz CT molecular complexity index is 993. The summed E-state index contributed by atoms with van der Waals surface area (Å²) in [5.74, 6) is 0.857. The zero-order valence-corrected chi connectivity index (χ0v) is 44.6. The maximum absolute atomic E-state index is 12.8.